The molecule has 4 rings (SSSR count). The zero-order valence-electron chi connectivity index (χ0n) is 15.7. The molecule has 0 aliphatic carbocycles. The van der Waals surface area contributed by atoms with Crippen LogP contribution in [0, 0.1) is 0 Å². The first-order valence-corrected chi connectivity index (χ1v) is 10.9. The van der Waals surface area contributed by atoms with Gasteiger partial charge in [-0.3, -0.25) is 20.4 Å². The fraction of sp³-hybridized carbons (Fsp3) is 0.200. The van der Waals surface area contributed by atoms with Crippen molar-refractivity contribution in [1.82, 2.24) is 20.1 Å². The minimum atomic E-state index is -3.62. The van der Waals surface area contributed by atoms with Crippen LogP contribution < -0.4 is 10.9 Å². The summed E-state index contributed by atoms with van der Waals surface area (Å²) >= 11 is 0. The molecule has 2 amide bonds. The van der Waals surface area contributed by atoms with Crippen molar-refractivity contribution in [2.45, 2.75) is 19.0 Å². The number of aromatic nitrogens is 1. The molecule has 0 saturated heterocycles. The number of amides is 2. The standard InChI is InChI=1S/C20H20N4O4S/c1-29(27,28)24-12-14-7-3-2-6-13(14)10-18(24)20(26)23-22-19(25)16-11-21-17-9-5-4-8-15(16)17/h2-9,11,18,21H,10,12H2,1H3,(H,22,25)(H,23,26)/t18-/m0/s1. The Labute approximate surface area is 167 Å². The van der Waals surface area contributed by atoms with Gasteiger partial charge in [-0.15, -0.1) is 0 Å². The van der Waals surface area contributed by atoms with E-state index in [4.69, 9.17) is 0 Å². The van der Waals surface area contributed by atoms with E-state index in [2.05, 4.69) is 15.8 Å². The number of sulfonamides is 1. The van der Waals surface area contributed by atoms with Crippen LogP contribution in [-0.2, 0) is 27.8 Å². The Morgan fingerprint density at radius 1 is 1.03 bits per heavy atom. The third-order valence-corrected chi connectivity index (χ3v) is 6.30. The number of aromatic amines is 1. The van der Waals surface area contributed by atoms with E-state index in [1.807, 2.05) is 42.5 Å². The fourth-order valence-electron chi connectivity index (χ4n) is 3.60. The quantitative estimate of drug-likeness (QED) is 0.563. The number of fused-ring (bicyclic) bond motifs is 2. The second-order valence-corrected chi connectivity index (χ2v) is 8.92. The van der Waals surface area contributed by atoms with Crippen molar-refractivity contribution in [3.63, 3.8) is 0 Å². The first-order chi connectivity index (χ1) is 13.8. The Morgan fingerprint density at radius 2 is 1.72 bits per heavy atom. The molecule has 0 spiro atoms. The SMILES string of the molecule is CS(=O)(=O)N1Cc2ccccc2C[C@H]1C(=O)NNC(=O)c1c[nH]c2ccccc12. The summed E-state index contributed by atoms with van der Waals surface area (Å²) in [6, 6.07) is 13.8. The Morgan fingerprint density at radius 3 is 2.48 bits per heavy atom. The van der Waals surface area contributed by atoms with Gasteiger partial charge in [0.05, 0.1) is 11.8 Å². The summed E-state index contributed by atoms with van der Waals surface area (Å²) in [5.41, 5.74) is 7.73. The lowest BCUT2D eigenvalue weighted by Crippen LogP contribution is -2.55. The highest BCUT2D eigenvalue weighted by molar-refractivity contribution is 7.88. The summed E-state index contributed by atoms with van der Waals surface area (Å²) in [5.74, 6) is -1.07. The van der Waals surface area contributed by atoms with Crippen molar-refractivity contribution < 1.29 is 18.0 Å². The zero-order chi connectivity index (χ0) is 20.6. The highest BCUT2D eigenvalue weighted by Gasteiger charge is 2.37. The molecule has 0 bridgehead atoms. The number of rotatable bonds is 3. The van der Waals surface area contributed by atoms with Crippen molar-refractivity contribution in [3.8, 4) is 0 Å². The maximum atomic E-state index is 12.8. The van der Waals surface area contributed by atoms with Gasteiger partial charge in [-0.2, -0.15) is 4.31 Å². The average Bonchev–Trinajstić information content (AvgIpc) is 3.14. The fourth-order valence-corrected chi connectivity index (χ4v) is 4.61. The normalized spacial score (nSPS) is 16.9. The first kappa shape index (κ1) is 19.2. The van der Waals surface area contributed by atoms with Gasteiger partial charge in [-0.05, 0) is 23.6 Å². The van der Waals surface area contributed by atoms with Gasteiger partial charge < -0.3 is 4.98 Å². The lowest BCUT2D eigenvalue weighted by molar-refractivity contribution is -0.126. The molecule has 2 heterocycles. The molecule has 150 valence electrons. The van der Waals surface area contributed by atoms with Gasteiger partial charge in [0.15, 0.2) is 0 Å². The van der Waals surface area contributed by atoms with Crippen LogP contribution >= 0.6 is 0 Å². The third-order valence-electron chi connectivity index (χ3n) is 5.07. The molecule has 1 aliphatic heterocycles. The van der Waals surface area contributed by atoms with E-state index >= 15 is 0 Å². The van der Waals surface area contributed by atoms with E-state index in [1.54, 1.807) is 12.3 Å². The average molecular weight is 412 g/mol. The van der Waals surface area contributed by atoms with E-state index < -0.39 is 27.9 Å². The number of nitrogens with zero attached hydrogens (tertiary/aromatic N) is 1. The molecule has 0 saturated carbocycles. The van der Waals surface area contributed by atoms with E-state index in [-0.39, 0.29) is 13.0 Å². The molecule has 1 atom stereocenters. The van der Waals surface area contributed by atoms with Crippen LogP contribution in [0.25, 0.3) is 10.9 Å². The molecule has 9 heteroatoms. The van der Waals surface area contributed by atoms with Gasteiger partial charge in [0.25, 0.3) is 11.8 Å². The highest BCUT2D eigenvalue weighted by Crippen LogP contribution is 2.25. The third kappa shape index (κ3) is 3.74. The van der Waals surface area contributed by atoms with E-state index in [9.17, 15) is 18.0 Å². The maximum absolute atomic E-state index is 12.8. The summed E-state index contributed by atoms with van der Waals surface area (Å²) in [5, 5.41) is 0.726. The zero-order valence-corrected chi connectivity index (χ0v) is 16.5. The molecule has 3 N–H and O–H groups in total. The number of hydrazine groups is 1. The number of carbonyl (C=O) groups excluding carboxylic acids is 2. The second-order valence-electron chi connectivity index (χ2n) is 6.99. The predicted octanol–water partition coefficient (Wildman–Crippen LogP) is 1.32. The molecule has 8 nitrogen and oxygen atoms in total. The topological polar surface area (TPSA) is 111 Å². The smallest absolute Gasteiger partial charge is 0.271 e. The Balaban J connectivity index is 1.51. The van der Waals surface area contributed by atoms with Gasteiger partial charge in [0.1, 0.15) is 6.04 Å². The number of para-hydroxylation sites is 1. The maximum Gasteiger partial charge on any atom is 0.271 e. The molecular weight excluding hydrogens is 392 g/mol. The van der Waals surface area contributed by atoms with Gasteiger partial charge in [0.2, 0.25) is 10.0 Å². The monoisotopic (exact) mass is 412 g/mol. The molecule has 1 aromatic heterocycles. The Kier molecular flexibility index (Phi) is 4.85. The van der Waals surface area contributed by atoms with Crippen molar-refractivity contribution in [2.24, 2.45) is 0 Å². The minimum absolute atomic E-state index is 0.115. The van der Waals surface area contributed by atoms with E-state index in [1.165, 1.54) is 0 Å². The van der Waals surface area contributed by atoms with Gasteiger partial charge >= 0.3 is 0 Å². The van der Waals surface area contributed by atoms with Crippen molar-refractivity contribution in [1.29, 1.82) is 0 Å². The number of H-pyrrole nitrogens is 1. The summed E-state index contributed by atoms with van der Waals surface area (Å²) in [4.78, 5) is 28.3. The van der Waals surface area contributed by atoms with Crippen LogP contribution in [0.2, 0.25) is 0 Å². The summed E-state index contributed by atoms with van der Waals surface area (Å²) < 4.78 is 25.6. The number of benzene rings is 2. The Hall–Kier alpha value is -3.17. The van der Waals surface area contributed by atoms with Crippen molar-refractivity contribution in [3.05, 3.63) is 71.4 Å². The van der Waals surface area contributed by atoms with Crippen molar-refractivity contribution >= 4 is 32.7 Å². The predicted molar refractivity (Wildman–Crippen MR) is 108 cm³/mol. The summed E-state index contributed by atoms with van der Waals surface area (Å²) in [7, 11) is -3.62. The van der Waals surface area contributed by atoms with Crippen LogP contribution in [0.1, 0.15) is 21.5 Å². The number of hydrogen-bond acceptors (Lipinski definition) is 4. The van der Waals surface area contributed by atoms with E-state index in [0.717, 1.165) is 32.6 Å². The summed E-state index contributed by atoms with van der Waals surface area (Å²) in [6.45, 7) is 0.115. The van der Waals surface area contributed by atoms with Crippen LogP contribution in [0.3, 0.4) is 0 Å². The van der Waals surface area contributed by atoms with E-state index in [0.29, 0.717) is 5.56 Å². The van der Waals surface area contributed by atoms with Gasteiger partial charge in [-0.25, -0.2) is 8.42 Å². The molecule has 0 unspecified atom stereocenters. The van der Waals surface area contributed by atoms with Gasteiger partial charge in [-0.1, -0.05) is 42.5 Å². The van der Waals surface area contributed by atoms with Crippen LogP contribution in [0.4, 0.5) is 0 Å². The van der Waals surface area contributed by atoms with Gasteiger partial charge in [0, 0.05) is 23.6 Å². The first-order valence-electron chi connectivity index (χ1n) is 9.04. The minimum Gasteiger partial charge on any atom is -0.360 e. The largest absolute Gasteiger partial charge is 0.360 e. The number of carbonyl (C=O) groups is 2. The molecular formula is C20H20N4O4S. The molecule has 29 heavy (non-hydrogen) atoms. The number of nitrogens with one attached hydrogen (secondary N) is 3. The molecule has 0 radical (unpaired) electrons. The molecule has 2 aromatic carbocycles. The summed E-state index contributed by atoms with van der Waals surface area (Å²) in [6.07, 6.45) is 2.87. The lowest BCUT2D eigenvalue weighted by Gasteiger charge is -2.34. The van der Waals surface area contributed by atoms with Crippen LogP contribution in [0.15, 0.2) is 54.7 Å². The molecule has 1 aliphatic rings. The Bertz CT molecular complexity index is 1200. The van der Waals surface area contributed by atoms with Crippen molar-refractivity contribution in [2.75, 3.05) is 6.26 Å². The lowest BCUT2D eigenvalue weighted by atomic mass is 9.95. The van der Waals surface area contributed by atoms with Crippen LogP contribution in [0.5, 0.6) is 0 Å². The highest BCUT2D eigenvalue weighted by atomic mass is 32.2. The number of hydrogen-bond donors (Lipinski definition) is 3. The molecule has 3 aromatic rings. The second kappa shape index (κ2) is 7.34. The molecule has 0 fully saturated rings. The van der Waals surface area contributed by atoms with Crippen LogP contribution in [-0.4, -0.2) is 41.8 Å².